The number of rotatable bonds is 8. The number of methoxy groups -OCH3 is 1. The lowest BCUT2D eigenvalue weighted by atomic mass is 10.1. The lowest BCUT2D eigenvalue weighted by Crippen LogP contribution is -2.52. The summed E-state index contributed by atoms with van der Waals surface area (Å²) in [5.74, 6) is 0.312. The van der Waals surface area contributed by atoms with E-state index in [1.54, 1.807) is 18.1 Å². The van der Waals surface area contributed by atoms with Crippen molar-refractivity contribution in [1.82, 2.24) is 20.0 Å². The van der Waals surface area contributed by atoms with Gasteiger partial charge in [-0.25, -0.2) is 4.39 Å². The first kappa shape index (κ1) is 25.1. The Morgan fingerprint density at radius 1 is 1.00 bits per heavy atom. The molecule has 8 nitrogen and oxygen atoms in total. The van der Waals surface area contributed by atoms with Gasteiger partial charge in [0.05, 0.1) is 18.4 Å². The van der Waals surface area contributed by atoms with Crippen molar-refractivity contribution in [3.05, 3.63) is 72.0 Å². The van der Waals surface area contributed by atoms with Crippen LogP contribution in [0.2, 0.25) is 0 Å². The Morgan fingerprint density at radius 2 is 1.78 bits per heavy atom. The molecule has 0 saturated carbocycles. The third-order valence-corrected chi connectivity index (χ3v) is 6.18. The Hall–Kier alpha value is -4.01. The van der Waals surface area contributed by atoms with Crippen LogP contribution in [0.25, 0.3) is 11.3 Å². The Labute approximate surface area is 210 Å². The van der Waals surface area contributed by atoms with Crippen molar-refractivity contribution < 1.29 is 18.7 Å². The fraction of sp³-hybridized carbons (Fsp3) is 0.333. The largest absolute Gasteiger partial charge is 0.497 e. The molecule has 188 valence electrons. The van der Waals surface area contributed by atoms with Crippen molar-refractivity contribution in [3.63, 3.8) is 0 Å². The van der Waals surface area contributed by atoms with E-state index < -0.39 is 11.7 Å². The lowest BCUT2D eigenvalue weighted by Gasteiger charge is -2.36. The summed E-state index contributed by atoms with van der Waals surface area (Å²) in [5.41, 5.74) is 1.66. The highest BCUT2D eigenvalue weighted by Crippen LogP contribution is 2.23. The monoisotopic (exact) mass is 491 g/mol. The number of anilines is 1. The highest BCUT2D eigenvalue weighted by atomic mass is 19.1. The standard InChI is InChI=1S/C27H30FN5O3/c1-3-13-33(27(35)22-9-4-5-10-23(22)28)19-26(34)32-16-14-31(15-17-32)25-12-11-24(29-30-25)20-7-6-8-21(18-20)36-2/h4-12,18H,3,13-17,19H2,1-2H3. The maximum atomic E-state index is 14.1. The van der Waals surface area contributed by atoms with E-state index in [0.29, 0.717) is 39.1 Å². The normalized spacial score (nSPS) is 13.4. The molecule has 1 aliphatic heterocycles. The third kappa shape index (κ3) is 5.79. The summed E-state index contributed by atoms with van der Waals surface area (Å²) >= 11 is 0. The maximum absolute atomic E-state index is 14.1. The number of ether oxygens (including phenoxy) is 1. The number of aromatic nitrogens is 2. The molecule has 4 rings (SSSR count). The molecule has 0 atom stereocenters. The van der Waals surface area contributed by atoms with E-state index in [4.69, 9.17) is 4.74 Å². The zero-order valence-corrected chi connectivity index (χ0v) is 20.6. The second-order valence-corrected chi connectivity index (χ2v) is 8.58. The van der Waals surface area contributed by atoms with Crippen molar-refractivity contribution >= 4 is 17.6 Å². The van der Waals surface area contributed by atoms with Crippen molar-refractivity contribution in [2.24, 2.45) is 0 Å². The van der Waals surface area contributed by atoms with E-state index in [9.17, 15) is 14.0 Å². The maximum Gasteiger partial charge on any atom is 0.257 e. The highest BCUT2D eigenvalue weighted by molar-refractivity contribution is 5.96. The Balaban J connectivity index is 1.35. The molecule has 2 amide bonds. The summed E-state index contributed by atoms with van der Waals surface area (Å²) in [6.45, 7) is 4.45. The van der Waals surface area contributed by atoms with Gasteiger partial charge in [0.1, 0.15) is 18.1 Å². The van der Waals surface area contributed by atoms with E-state index in [-0.39, 0.29) is 18.0 Å². The average Bonchev–Trinajstić information content (AvgIpc) is 2.93. The summed E-state index contributed by atoms with van der Waals surface area (Å²) in [4.78, 5) is 31.1. The molecule has 2 heterocycles. The van der Waals surface area contributed by atoms with Gasteiger partial charge in [0.25, 0.3) is 5.91 Å². The van der Waals surface area contributed by atoms with Gasteiger partial charge in [-0.15, -0.1) is 10.2 Å². The molecule has 0 radical (unpaired) electrons. The van der Waals surface area contributed by atoms with Crippen LogP contribution >= 0.6 is 0 Å². The molecule has 0 unspecified atom stereocenters. The second kappa shape index (κ2) is 11.6. The van der Waals surface area contributed by atoms with E-state index >= 15 is 0 Å². The number of carbonyl (C=O) groups excluding carboxylic acids is 2. The van der Waals surface area contributed by atoms with Crippen LogP contribution in [0.3, 0.4) is 0 Å². The topological polar surface area (TPSA) is 78.9 Å². The molecule has 2 aromatic carbocycles. The predicted octanol–water partition coefficient (Wildman–Crippen LogP) is 3.49. The number of benzene rings is 2. The number of piperazine rings is 1. The SMILES string of the molecule is CCCN(CC(=O)N1CCN(c2ccc(-c3cccc(OC)c3)nn2)CC1)C(=O)c1ccccc1F. The summed E-state index contributed by atoms with van der Waals surface area (Å²) in [6.07, 6.45) is 0.672. The molecule has 1 aromatic heterocycles. The molecule has 3 aromatic rings. The first-order valence-electron chi connectivity index (χ1n) is 12.0. The van der Waals surface area contributed by atoms with Gasteiger partial charge >= 0.3 is 0 Å². The van der Waals surface area contributed by atoms with Crippen LogP contribution in [0.5, 0.6) is 5.75 Å². The minimum Gasteiger partial charge on any atom is -0.497 e. The summed E-state index contributed by atoms with van der Waals surface area (Å²) < 4.78 is 19.4. The minimum absolute atomic E-state index is 0.0143. The number of halogens is 1. The first-order valence-corrected chi connectivity index (χ1v) is 12.0. The van der Waals surface area contributed by atoms with Crippen LogP contribution in [0.4, 0.5) is 10.2 Å². The van der Waals surface area contributed by atoms with Crippen molar-refractivity contribution in [2.75, 3.05) is 51.3 Å². The van der Waals surface area contributed by atoms with Crippen LogP contribution in [-0.4, -0.2) is 78.2 Å². The van der Waals surface area contributed by atoms with Gasteiger partial charge in [-0.1, -0.05) is 31.2 Å². The molecule has 1 aliphatic rings. The number of hydrogen-bond donors (Lipinski definition) is 0. The van der Waals surface area contributed by atoms with Gasteiger partial charge < -0.3 is 19.4 Å². The van der Waals surface area contributed by atoms with Crippen LogP contribution < -0.4 is 9.64 Å². The summed E-state index contributed by atoms with van der Waals surface area (Å²) in [6, 6.07) is 17.4. The molecule has 0 spiro atoms. The van der Waals surface area contributed by atoms with E-state index in [2.05, 4.69) is 15.1 Å². The van der Waals surface area contributed by atoms with Gasteiger partial charge in [0, 0.05) is 38.3 Å². The molecule has 1 fully saturated rings. The number of amides is 2. The molecule has 0 bridgehead atoms. The van der Waals surface area contributed by atoms with Gasteiger partial charge in [0.15, 0.2) is 5.82 Å². The number of carbonyl (C=O) groups is 2. The molecular formula is C27H30FN5O3. The van der Waals surface area contributed by atoms with Crippen LogP contribution in [-0.2, 0) is 4.79 Å². The smallest absolute Gasteiger partial charge is 0.257 e. The van der Waals surface area contributed by atoms with Crippen LogP contribution in [0.15, 0.2) is 60.7 Å². The second-order valence-electron chi connectivity index (χ2n) is 8.58. The van der Waals surface area contributed by atoms with Gasteiger partial charge in [-0.3, -0.25) is 9.59 Å². The van der Waals surface area contributed by atoms with E-state index in [0.717, 1.165) is 22.8 Å². The zero-order chi connectivity index (χ0) is 25.5. The fourth-order valence-electron chi connectivity index (χ4n) is 4.21. The zero-order valence-electron chi connectivity index (χ0n) is 20.6. The summed E-state index contributed by atoms with van der Waals surface area (Å²) in [7, 11) is 1.63. The number of nitrogens with zero attached hydrogens (tertiary/aromatic N) is 5. The molecule has 0 aliphatic carbocycles. The molecule has 36 heavy (non-hydrogen) atoms. The highest BCUT2D eigenvalue weighted by Gasteiger charge is 2.26. The first-order chi connectivity index (χ1) is 17.5. The Kier molecular flexibility index (Phi) is 8.10. The van der Waals surface area contributed by atoms with Crippen molar-refractivity contribution in [3.8, 4) is 17.0 Å². The van der Waals surface area contributed by atoms with Gasteiger partial charge in [-0.05, 0) is 42.8 Å². The van der Waals surface area contributed by atoms with Gasteiger partial charge in [-0.2, -0.15) is 0 Å². The van der Waals surface area contributed by atoms with E-state index in [1.807, 2.05) is 43.3 Å². The summed E-state index contributed by atoms with van der Waals surface area (Å²) in [5, 5.41) is 8.75. The molecular weight excluding hydrogens is 461 g/mol. The number of hydrogen-bond acceptors (Lipinski definition) is 6. The quantitative estimate of drug-likeness (QED) is 0.480. The predicted molar refractivity (Wildman–Crippen MR) is 135 cm³/mol. The molecule has 0 N–H and O–H groups in total. The third-order valence-electron chi connectivity index (χ3n) is 6.18. The van der Waals surface area contributed by atoms with Crippen molar-refractivity contribution in [2.45, 2.75) is 13.3 Å². The molecule has 9 heteroatoms. The fourth-order valence-corrected chi connectivity index (χ4v) is 4.21. The Morgan fingerprint density at radius 3 is 2.44 bits per heavy atom. The van der Waals surface area contributed by atoms with Crippen LogP contribution in [0.1, 0.15) is 23.7 Å². The van der Waals surface area contributed by atoms with Gasteiger partial charge in [0.2, 0.25) is 5.91 Å². The van der Waals surface area contributed by atoms with Crippen LogP contribution in [0, 0.1) is 5.82 Å². The van der Waals surface area contributed by atoms with E-state index in [1.165, 1.54) is 23.1 Å². The average molecular weight is 492 g/mol. The minimum atomic E-state index is -0.580. The molecule has 1 saturated heterocycles. The Bertz CT molecular complexity index is 1200. The lowest BCUT2D eigenvalue weighted by molar-refractivity contribution is -0.132. The van der Waals surface area contributed by atoms with Crippen molar-refractivity contribution in [1.29, 1.82) is 0 Å².